The number of amides is 1. The minimum Gasteiger partial charge on any atom is -0.444 e. The van der Waals surface area contributed by atoms with Crippen molar-refractivity contribution < 1.29 is 9.53 Å². The minimum atomic E-state index is -0.439. The molecule has 1 amide bonds. The highest BCUT2D eigenvalue weighted by Crippen LogP contribution is 2.11. The Kier molecular flexibility index (Phi) is 5.75. The van der Waals surface area contributed by atoms with Crippen molar-refractivity contribution in [2.45, 2.75) is 33.3 Å². The molecule has 0 unspecified atom stereocenters. The Morgan fingerprint density at radius 3 is 1.88 bits per heavy atom. The summed E-state index contributed by atoms with van der Waals surface area (Å²) in [6, 6.07) is 0. The van der Waals surface area contributed by atoms with Crippen LogP contribution in [0.15, 0.2) is 0 Å². The van der Waals surface area contributed by atoms with Gasteiger partial charge >= 0.3 is 6.09 Å². The van der Waals surface area contributed by atoms with Gasteiger partial charge in [-0.2, -0.15) is 0 Å². The van der Waals surface area contributed by atoms with Gasteiger partial charge in [-0.25, -0.2) is 4.79 Å². The number of nitrogens with zero attached hydrogens (tertiary/aromatic N) is 2. The second-order valence-electron chi connectivity index (χ2n) is 5.04. The molecule has 1 heterocycles. The highest BCUT2D eigenvalue weighted by Gasteiger charge is 2.25. The first-order valence-corrected chi connectivity index (χ1v) is 5.57. The number of rotatable bonds is 0. The van der Waals surface area contributed by atoms with Crippen molar-refractivity contribution in [2.24, 2.45) is 0 Å². The molecular formula is C11H22ClN3O2. The molecule has 0 aromatic carbocycles. The van der Waals surface area contributed by atoms with Gasteiger partial charge in [-0.3, -0.25) is 5.41 Å². The van der Waals surface area contributed by atoms with Crippen molar-refractivity contribution in [3.63, 3.8) is 0 Å². The van der Waals surface area contributed by atoms with Crippen LogP contribution in [0.25, 0.3) is 0 Å². The SMILES string of the molecule is CC(=N)N1CCN(C(=O)OC(C)(C)C)CC1.Cl. The van der Waals surface area contributed by atoms with Gasteiger partial charge in [0, 0.05) is 26.2 Å². The normalized spacial score (nSPS) is 16.2. The summed E-state index contributed by atoms with van der Waals surface area (Å²) in [5, 5.41) is 7.50. The molecule has 1 aliphatic heterocycles. The fourth-order valence-corrected chi connectivity index (χ4v) is 1.55. The number of carbonyl (C=O) groups excluding carboxylic acids is 1. The Hall–Kier alpha value is -0.970. The average Bonchev–Trinajstić information content (AvgIpc) is 2.15. The summed E-state index contributed by atoms with van der Waals surface area (Å²) in [4.78, 5) is 15.4. The minimum absolute atomic E-state index is 0. The molecule has 0 saturated carbocycles. The van der Waals surface area contributed by atoms with Crippen LogP contribution in [0.4, 0.5) is 4.79 Å². The van der Waals surface area contributed by atoms with E-state index in [2.05, 4.69) is 0 Å². The second-order valence-corrected chi connectivity index (χ2v) is 5.04. The monoisotopic (exact) mass is 263 g/mol. The quantitative estimate of drug-likeness (QED) is 0.537. The number of carbonyl (C=O) groups is 1. The molecular weight excluding hydrogens is 242 g/mol. The number of hydrogen-bond acceptors (Lipinski definition) is 3. The molecule has 1 aliphatic rings. The summed E-state index contributed by atoms with van der Waals surface area (Å²) >= 11 is 0. The predicted octanol–water partition coefficient (Wildman–Crippen LogP) is 1.96. The first-order chi connectivity index (χ1) is 7.29. The topological polar surface area (TPSA) is 56.6 Å². The standard InChI is InChI=1S/C11H21N3O2.ClH/c1-9(12)13-5-7-14(8-6-13)10(15)16-11(2,3)4;/h12H,5-8H2,1-4H3;1H. The van der Waals surface area contributed by atoms with Crippen LogP contribution in [-0.4, -0.2) is 53.5 Å². The molecule has 0 atom stereocenters. The van der Waals surface area contributed by atoms with Gasteiger partial charge in [-0.05, 0) is 27.7 Å². The average molecular weight is 264 g/mol. The second kappa shape index (κ2) is 6.10. The summed E-state index contributed by atoms with van der Waals surface area (Å²) < 4.78 is 5.29. The number of hydrogen-bond donors (Lipinski definition) is 1. The van der Waals surface area contributed by atoms with Crippen LogP contribution in [0, 0.1) is 5.41 Å². The molecule has 1 saturated heterocycles. The van der Waals surface area contributed by atoms with Crippen LogP contribution in [0.5, 0.6) is 0 Å². The van der Waals surface area contributed by atoms with Crippen LogP contribution < -0.4 is 0 Å². The smallest absolute Gasteiger partial charge is 0.410 e. The van der Waals surface area contributed by atoms with Gasteiger partial charge in [0.2, 0.25) is 0 Å². The van der Waals surface area contributed by atoms with E-state index < -0.39 is 5.60 Å². The molecule has 1 fully saturated rings. The van der Waals surface area contributed by atoms with Crippen molar-refractivity contribution in [3.8, 4) is 0 Å². The number of nitrogens with one attached hydrogen (secondary N) is 1. The third-order valence-corrected chi connectivity index (χ3v) is 2.41. The van der Waals surface area contributed by atoms with E-state index in [4.69, 9.17) is 10.1 Å². The fourth-order valence-electron chi connectivity index (χ4n) is 1.55. The molecule has 17 heavy (non-hydrogen) atoms. The van der Waals surface area contributed by atoms with Gasteiger partial charge in [0.1, 0.15) is 5.60 Å². The van der Waals surface area contributed by atoms with Crippen molar-refractivity contribution in [1.82, 2.24) is 9.80 Å². The van der Waals surface area contributed by atoms with E-state index in [1.165, 1.54) is 0 Å². The van der Waals surface area contributed by atoms with Gasteiger partial charge in [0.25, 0.3) is 0 Å². The summed E-state index contributed by atoms with van der Waals surface area (Å²) in [7, 11) is 0. The highest BCUT2D eigenvalue weighted by atomic mass is 35.5. The third-order valence-electron chi connectivity index (χ3n) is 2.41. The Bertz CT molecular complexity index is 281. The lowest BCUT2D eigenvalue weighted by molar-refractivity contribution is 0.0186. The molecule has 100 valence electrons. The molecule has 0 aromatic heterocycles. The molecule has 5 nitrogen and oxygen atoms in total. The van der Waals surface area contributed by atoms with E-state index in [-0.39, 0.29) is 18.5 Å². The summed E-state index contributed by atoms with van der Waals surface area (Å²) in [6.45, 7) is 10.1. The van der Waals surface area contributed by atoms with Gasteiger partial charge < -0.3 is 14.5 Å². The molecule has 0 radical (unpaired) electrons. The van der Waals surface area contributed by atoms with E-state index in [9.17, 15) is 4.79 Å². The first-order valence-electron chi connectivity index (χ1n) is 5.57. The molecule has 1 rings (SSSR count). The fraction of sp³-hybridized carbons (Fsp3) is 0.818. The van der Waals surface area contributed by atoms with Gasteiger partial charge in [0.15, 0.2) is 0 Å². The molecule has 0 aromatic rings. The Labute approximate surface area is 109 Å². The van der Waals surface area contributed by atoms with Crippen LogP contribution in [-0.2, 0) is 4.74 Å². The number of piperazine rings is 1. The lowest BCUT2D eigenvalue weighted by atomic mass is 10.2. The van der Waals surface area contributed by atoms with Gasteiger partial charge in [-0.1, -0.05) is 0 Å². The van der Waals surface area contributed by atoms with Crippen LogP contribution in [0.1, 0.15) is 27.7 Å². The van der Waals surface area contributed by atoms with Gasteiger partial charge in [0.05, 0.1) is 5.84 Å². The molecule has 0 aliphatic carbocycles. The number of halogens is 1. The maximum Gasteiger partial charge on any atom is 0.410 e. The van der Waals surface area contributed by atoms with Crippen molar-refractivity contribution in [3.05, 3.63) is 0 Å². The maximum atomic E-state index is 11.7. The molecule has 1 N–H and O–H groups in total. The van der Waals surface area contributed by atoms with E-state index in [0.717, 1.165) is 0 Å². The van der Waals surface area contributed by atoms with Crippen LogP contribution >= 0.6 is 12.4 Å². The van der Waals surface area contributed by atoms with Gasteiger partial charge in [-0.15, -0.1) is 12.4 Å². The lowest BCUT2D eigenvalue weighted by Gasteiger charge is -2.36. The van der Waals surface area contributed by atoms with Crippen LogP contribution in [0.2, 0.25) is 0 Å². The Balaban J connectivity index is 0.00000256. The molecule has 0 spiro atoms. The maximum absolute atomic E-state index is 11.7. The van der Waals surface area contributed by atoms with Crippen molar-refractivity contribution in [2.75, 3.05) is 26.2 Å². The summed E-state index contributed by atoms with van der Waals surface area (Å²) in [6.07, 6.45) is -0.255. The zero-order valence-corrected chi connectivity index (χ0v) is 11.8. The Morgan fingerprint density at radius 2 is 1.53 bits per heavy atom. The lowest BCUT2D eigenvalue weighted by Crippen LogP contribution is -2.51. The first kappa shape index (κ1) is 16.0. The number of amidine groups is 1. The van der Waals surface area contributed by atoms with Crippen molar-refractivity contribution >= 4 is 24.3 Å². The van der Waals surface area contributed by atoms with Crippen LogP contribution in [0.3, 0.4) is 0 Å². The Morgan fingerprint density at radius 1 is 1.12 bits per heavy atom. The van der Waals surface area contributed by atoms with Crippen molar-refractivity contribution in [1.29, 1.82) is 5.41 Å². The van der Waals surface area contributed by atoms with E-state index in [0.29, 0.717) is 32.0 Å². The summed E-state index contributed by atoms with van der Waals surface area (Å²) in [5.74, 6) is 0.559. The zero-order valence-electron chi connectivity index (χ0n) is 10.9. The van der Waals surface area contributed by atoms with E-state index in [1.54, 1.807) is 11.8 Å². The highest BCUT2D eigenvalue weighted by molar-refractivity contribution is 5.85. The third kappa shape index (κ3) is 5.26. The largest absolute Gasteiger partial charge is 0.444 e. The van der Waals surface area contributed by atoms with E-state index >= 15 is 0 Å². The predicted molar refractivity (Wildman–Crippen MR) is 70.0 cm³/mol. The summed E-state index contributed by atoms with van der Waals surface area (Å²) in [5.41, 5.74) is -0.439. The molecule has 0 bridgehead atoms. The molecule has 6 heteroatoms. The van der Waals surface area contributed by atoms with E-state index in [1.807, 2.05) is 25.7 Å². The number of ether oxygens (including phenoxy) is 1. The zero-order chi connectivity index (χ0) is 12.3.